The molecule has 0 aliphatic heterocycles. The van der Waals surface area contributed by atoms with Crippen LogP contribution in [-0.2, 0) is 0 Å². The smallest absolute Gasteiger partial charge is 0.292 e. The van der Waals surface area contributed by atoms with Crippen LogP contribution < -0.4 is 10.6 Å². The number of H-pyrrole nitrogens is 1. The fraction of sp³-hybridized carbons (Fsp3) is 0. The number of amides is 2. The number of hydrogen-bond donors (Lipinski definition) is 3. The molecule has 4 heterocycles. The number of nitrogens with zero attached hydrogens (tertiary/aromatic N) is 5. The van der Waals surface area contributed by atoms with E-state index in [2.05, 4.69) is 35.9 Å². The zero-order valence-electron chi connectivity index (χ0n) is 14.5. The average Bonchev–Trinajstić information content (AvgIpc) is 3.33. The van der Waals surface area contributed by atoms with Crippen molar-refractivity contribution in [3.8, 4) is 11.3 Å². The molecule has 0 aliphatic rings. The first-order valence-electron chi connectivity index (χ1n) is 8.55. The Kier molecular flexibility index (Phi) is 3.68. The van der Waals surface area contributed by atoms with Crippen molar-refractivity contribution in [1.29, 1.82) is 0 Å². The molecule has 0 spiro atoms. The van der Waals surface area contributed by atoms with Gasteiger partial charge in [0.1, 0.15) is 5.82 Å². The second kappa shape index (κ2) is 6.47. The van der Waals surface area contributed by atoms with Crippen LogP contribution >= 0.6 is 0 Å². The lowest BCUT2D eigenvalue weighted by Crippen LogP contribution is -2.20. The number of aromatic nitrogens is 6. The van der Waals surface area contributed by atoms with E-state index in [-0.39, 0.29) is 0 Å². The molecule has 3 N–H and O–H groups in total. The Balaban J connectivity index is 1.38. The quantitative estimate of drug-likeness (QED) is 0.451. The van der Waals surface area contributed by atoms with Gasteiger partial charge in [0, 0.05) is 17.8 Å². The molecule has 5 aromatic rings. The summed E-state index contributed by atoms with van der Waals surface area (Å²) in [6.45, 7) is 0. The summed E-state index contributed by atoms with van der Waals surface area (Å²) >= 11 is 0. The van der Waals surface area contributed by atoms with E-state index < -0.39 is 6.03 Å². The zero-order valence-corrected chi connectivity index (χ0v) is 14.5. The monoisotopic (exact) mass is 370 g/mol. The molecule has 0 bridgehead atoms. The molecule has 0 unspecified atom stereocenters. The molecular formula is C19H14N8O. The third-order valence-electron chi connectivity index (χ3n) is 4.25. The highest BCUT2D eigenvalue weighted by Gasteiger charge is 2.12. The lowest BCUT2D eigenvalue weighted by atomic mass is 10.2. The normalized spacial score (nSPS) is 11.0. The van der Waals surface area contributed by atoms with Crippen molar-refractivity contribution in [1.82, 2.24) is 29.8 Å². The minimum absolute atomic E-state index is 0.408. The van der Waals surface area contributed by atoms with Gasteiger partial charge in [-0.15, -0.1) is 0 Å². The molecule has 9 nitrogen and oxygen atoms in total. The van der Waals surface area contributed by atoms with E-state index in [4.69, 9.17) is 0 Å². The van der Waals surface area contributed by atoms with E-state index in [1.54, 1.807) is 29.0 Å². The van der Waals surface area contributed by atoms with Gasteiger partial charge in [-0.2, -0.15) is 10.2 Å². The van der Waals surface area contributed by atoms with Crippen molar-refractivity contribution < 1.29 is 4.79 Å². The maximum absolute atomic E-state index is 12.4. The number of rotatable bonds is 3. The number of nitrogens with one attached hydrogen (secondary N) is 3. The van der Waals surface area contributed by atoms with Crippen LogP contribution in [0.5, 0.6) is 0 Å². The molecule has 0 atom stereocenters. The highest BCUT2D eigenvalue weighted by atomic mass is 16.2. The van der Waals surface area contributed by atoms with Crippen molar-refractivity contribution in [3.05, 3.63) is 67.1 Å². The Morgan fingerprint density at radius 2 is 1.96 bits per heavy atom. The first kappa shape index (κ1) is 15.9. The number of para-hydroxylation sites is 1. The number of pyridine rings is 1. The highest BCUT2D eigenvalue weighted by molar-refractivity contribution is 6.04. The first-order valence-corrected chi connectivity index (χ1v) is 8.55. The lowest BCUT2D eigenvalue weighted by Gasteiger charge is -2.06. The van der Waals surface area contributed by atoms with Gasteiger partial charge in [0.05, 0.1) is 23.0 Å². The van der Waals surface area contributed by atoms with E-state index in [0.717, 1.165) is 16.5 Å². The summed E-state index contributed by atoms with van der Waals surface area (Å²) in [5.41, 5.74) is 2.98. The second-order valence-corrected chi connectivity index (χ2v) is 6.05. The molecule has 5 rings (SSSR count). The van der Waals surface area contributed by atoms with Gasteiger partial charge in [-0.05, 0) is 30.3 Å². The number of anilines is 2. The standard InChI is InChI=1S/C19H14N8O/c28-19(24-17-12-5-1-2-6-15(12)25-26-17)23-16-8-3-7-14(22-16)13-11-21-27-10-4-9-20-18(13)27/h1-11H,(H3,22,23,24,25,26,28). The molecule has 136 valence electrons. The first-order chi connectivity index (χ1) is 13.8. The number of hydrogen-bond acceptors (Lipinski definition) is 5. The molecule has 0 saturated heterocycles. The third kappa shape index (κ3) is 2.80. The van der Waals surface area contributed by atoms with Crippen LogP contribution in [0.4, 0.5) is 16.4 Å². The van der Waals surface area contributed by atoms with E-state index in [1.807, 2.05) is 42.6 Å². The number of carbonyl (C=O) groups is 1. The van der Waals surface area contributed by atoms with Crippen LogP contribution in [0.15, 0.2) is 67.1 Å². The molecule has 0 aliphatic carbocycles. The summed E-state index contributed by atoms with van der Waals surface area (Å²) in [6, 6.07) is 14.3. The maximum atomic E-state index is 12.4. The SMILES string of the molecule is O=C(Nc1cccc(-c2cnn3cccnc23)n1)Nc1n[nH]c2ccccc12. The van der Waals surface area contributed by atoms with Crippen molar-refractivity contribution in [3.63, 3.8) is 0 Å². The van der Waals surface area contributed by atoms with Crippen LogP contribution in [-0.4, -0.2) is 35.8 Å². The van der Waals surface area contributed by atoms with Crippen molar-refractivity contribution in [2.75, 3.05) is 10.6 Å². The van der Waals surface area contributed by atoms with E-state index in [9.17, 15) is 4.79 Å². The third-order valence-corrected chi connectivity index (χ3v) is 4.25. The minimum Gasteiger partial charge on any atom is -0.292 e. The Labute approximate surface area is 158 Å². The predicted octanol–water partition coefficient (Wildman–Crippen LogP) is 3.31. The number of fused-ring (bicyclic) bond motifs is 2. The summed E-state index contributed by atoms with van der Waals surface area (Å²) < 4.78 is 1.67. The Hall–Kier alpha value is -4.27. The number of urea groups is 1. The highest BCUT2D eigenvalue weighted by Crippen LogP contribution is 2.23. The zero-order chi connectivity index (χ0) is 18.9. The van der Waals surface area contributed by atoms with Gasteiger partial charge in [-0.25, -0.2) is 19.3 Å². The van der Waals surface area contributed by atoms with Crippen LogP contribution in [0.25, 0.3) is 27.8 Å². The second-order valence-electron chi connectivity index (χ2n) is 6.05. The molecule has 0 radical (unpaired) electrons. The van der Waals surface area contributed by atoms with E-state index in [0.29, 0.717) is 23.0 Å². The van der Waals surface area contributed by atoms with Gasteiger partial charge in [0.2, 0.25) is 0 Å². The maximum Gasteiger partial charge on any atom is 0.326 e. The summed E-state index contributed by atoms with van der Waals surface area (Å²) in [5, 5.41) is 17.6. The molecule has 28 heavy (non-hydrogen) atoms. The molecule has 9 heteroatoms. The Bertz CT molecular complexity index is 1310. The summed E-state index contributed by atoms with van der Waals surface area (Å²) in [4.78, 5) is 21.2. The van der Waals surface area contributed by atoms with Crippen LogP contribution in [0.1, 0.15) is 0 Å². The largest absolute Gasteiger partial charge is 0.326 e. The topological polar surface area (TPSA) is 113 Å². The Morgan fingerprint density at radius 3 is 2.93 bits per heavy atom. The van der Waals surface area contributed by atoms with Gasteiger partial charge >= 0.3 is 6.03 Å². The number of benzene rings is 1. The van der Waals surface area contributed by atoms with Crippen LogP contribution in [0.3, 0.4) is 0 Å². The van der Waals surface area contributed by atoms with Gasteiger partial charge in [0.15, 0.2) is 11.5 Å². The lowest BCUT2D eigenvalue weighted by molar-refractivity contribution is 0.262. The minimum atomic E-state index is -0.431. The van der Waals surface area contributed by atoms with Crippen molar-refractivity contribution in [2.24, 2.45) is 0 Å². The van der Waals surface area contributed by atoms with Gasteiger partial charge in [0.25, 0.3) is 0 Å². The summed E-state index contributed by atoms with van der Waals surface area (Å²) in [6.07, 6.45) is 5.21. The average molecular weight is 370 g/mol. The number of carbonyl (C=O) groups excluding carboxylic acids is 1. The fourth-order valence-electron chi connectivity index (χ4n) is 2.98. The van der Waals surface area contributed by atoms with Gasteiger partial charge in [-0.1, -0.05) is 18.2 Å². The molecule has 0 saturated carbocycles. The summed E-state index contributed by atoms with van der Waals surface area (Å²) in [5.74, 6) is 0.862. The number of aromatic amines is 1. The van der Waals surface area contributed by atoms with Gasteiger partial charge in [-0.3, -0.25) is 15.7 Å². The van der Waals surface area contributed by atoms with Crippen LogP contribution in [0, 0.1) is 0 Å². The molecule has 1 aromatic carbocycles. The molecule has 2 amide bonds. The Morgan fingerprint density at radius 1 is 1.04 bits per heavy atom. The fourth-order valence-corrected chi connectivity index (χ4v) is 2.98. The predicted molar refractivity (Wildman–Crippen MR) is 105 cm³/mol. The van der Waals surface area contributed by atoms with Crippen LogP contribution in [0.2, 0.25) is 0 Å². The summed E-state index contributed by atoms with van der Waals surface area (Å²) in [7, 11) is 0. The van der Waals surface area contributed by atoms with Gasteiger partial charge < -0.3 is 0 Å². The van der Waals surface area contributed by atoms with E-state index >= 15 is 0 Å². The van der Waals surface area contributed by atoms with E-state index in [1.165, 1.54) is 0 Å². The van der Waals surface area contributed by atoms with Crippen molar-refractivity contribution >= 4 is 34.2 Å². The molecule has 0 fully saturated rings. The molecular weight excluding hydrogens is 356 g/mol. The molecule has 4 aromatic heterocycles. The van der Waals surface area contributed by atoms with Crippen molar-refractivity contribution in [2.45, 2.75) is 0 Å².